The smallest absolute Gasteiger partial charge is 0.138 e. The van der Waals surface area contributed by atoms with E-state index in [0.717, 1.165) is 17.7 Å². The molecule has 0 saturated heterocycles. The van der Waals surface area contributed by atoms with Gasteiger partial charge in [-0.2, -0.15) is 0 Å². The van der Waals surface area contributed by atoms with Gasteiger partial charge in [0.25, 0.3) is 0 Å². The first-order valence-corrected chi connectivity index (χ1v) is 4.86. The maximum absolute atomic E-state index is 6.14. The number of hydrogen-bond acceptors (Lipinski definition) is 3. The first-order valence-electron chi connectivity index (χ1n) is 4.49. The summed E-state index contributed by atoms with van der Waals surface area (Å²) in [5.41, 5.74) is 6.81. The van der Waals surface area contributed by atoms with Gasteiger partial charge in [-0.1, -0.05) is 11.6 Å². The van der Waals surface area contributed by atoms with Gasteiger partial charge in [0, 0.05) is 18.0 Å². The van der Waals surface area contributed by atoms with Crippen LogP contribution in [0.25, 0.3) is 0 Å². The van der Waals surface area contributed by atoms with E-state index in [2.05, 4.69) is 0 Å². The number of methoxy groups -OCH3 is 1. The van der Waals surface area contributed by atoms with Crippen LogP contribution in [0.1, 0.15) is 18.0 Å². The lowest BCUT2D eigenvalue weighted by atomic mass is 10.0. The topological polar surface area (TPSA) is 44.5 Å². The van der Waals surface area contributed by atoms with Crippen LogP contribution < -0.4 is 15.2 Å². The quantitative estimate of drug-likeness (QED) is 0.777. The fraction of sp³-hybridized carbons (Fsp3) is 0.400. The Labute approximate surface area is 87.8 Å². The highest BCUT2D eigenvalue weighted by Crippen LogP contribution is 2.40. The molecule has 2 N–H and O–H groups in total. The zero-order valence-electron chi connectivity index (χ0n) is 7.92. The molecule has 0 aliphatic carbocycles. The number of halogens is 1. The molecule has 0 radical (unpaired) electrons. The number of benzene rings is 1. The van der Waals surface area contributed by atoms with Crippen LogP contribution in [0.2, 0.25) is 5.02 Å². The Kier molecular flexibility index (Phi) is 2.52. The molecular weight excluding hydrogens is 202 g/mol. The van der Waals surface area contributed by atoms with Crippen molar-refractivity contribution in [3.8, 4) is 11.5 Å². The van der Waals surface area contributed by atoms with E-state index in [9.17, 15) is 0 Å². The van der Waals surface area contributed by atoms with Crippen LogP contribution in [0.15, 0.2) is 12.1 Å². The van der Waals surface area contributed by atoms with Crippen molar-refractivity contribution in [3.63, 3.8) is 0 Å². The van der Waals surface area contributed by atoms with Crippen molar-refractivity contribution in [2.24, 2.45) is 5.73 Å². The van der Waals surface area contributed by atoms with Crippen molar-refractivity contribution >= 4 is 11.6 Å². The summed E-state index contributed by atoms with van der Waals surface area (Å²) in [5.74, 6) is 1.42. The van der Waals surface area contributed by atoms with Crippen molar-refractivity contribution in [2.75, 3.05) is 13.7 Å². The molecule has 1 aromatic rings. The van der Waals surface area contributed by atoms with Crippen LogP contribution in [0.4, 0.5) is 0 Å². The van der Waals surface area contributed by atoms with Gasteiger partial charge in [-0.25, -0.2) is 0 Å². The van der Waals surface area contributed by atoms with Crippen molar-refractivity contribution in [3.05, 3.63) is 22.7 Å². The molecule has 1 aliphatic heterocycles. The van der Waals surface area contributed by atoms with Crippen LogP contribution in [-0.2, 0) is 0 Å². The summed E-state index contributed by atoms with van der Waals surface area (Å²) in [5, 5.41) is 0.567. The largest absolute Gasteiger partial charge is 0.495 e. The van der Waals surface area contributed by atoms with Gasteiger partial charge >= 0.3 is 0 Å². The second kappa shape index (κ2) is 3.67. The lowest BCUT2D eigenvalue weighted by Gasteiger charge is -2.24. The third kappa shape index (κ3) is 1.42. The summed E-state index contributed by atoms with van der Waals surface area (Å²) >= 11 is 6.14. The minimum atomic E-state index is -0.0543. The van der Waals surface area contributed by atoms with E-state index in [1.54, 1.807) is 13.2 Å². The van der Waals surface area contributed by atoms with Crippen LogP contribution in [0.3, 0.4) is 0 Å². The predicted molar refractivity (Wildman–Crippen MR) is 55.0 cm³/mol. The monoisotopic (exact) mass is 213 g/mol. The molecule has 1 aliphatic rings. The van der Waals surface area contributed by atoms with E-state index in [-0.39, 0.29) is 6.04 Å². The van der Waals surface area contributed by atoms with Gasteiger partial charge < -0.3 is 15.2 Å². The molecule has 0 saturated carbocycles. The third-order valence-corrected chi connectivity index (χ3v) is 2.77. The van der Waals surface area contributed by atoms with Gasteiger partial charge in [0.05, 0.1) is 18.7 Å². The lowest BCUT2D eigenvalue weighted by Crippen LogP contribution is -2.21. The van der Waals surface area contributed by atoms with Gasteiger partial charge in [-0.05, 0) is 12.1 Å². The molecule has 0 fully saturated rings. The van der Waals surface area contributed by atoms with E-state index < -0.39 is 0 Å². The fourth-order valence-electron chi connectivity index (χ4n) is 1.62. The van der Waals surface area contributed by atoms with Crippen molar-refractivity contribution < 1.29 is 9.47 Å². The number of nitrogens with two attached hydrogens (primary N) is 1. The Morgan fingerprint density at radius 3 is 3.07 bits per heavy atom. The van der Waals surface area contributed by atoms with Crippen LogP contribution in [-0.4, -0.2) is 13.7 Å². The van der Waals surface area contributed by atoms with Gasteiger partial charge in [0.2, 0.25) is 0 Å². The zero-order chi connectivity index (χ0) is 10.1. The second-order valence-corrected chi connectivity index (χ2v) is 3.62. The highest BCUT2D eigenvalue weighted by Gasteiger charge is 2.23. The number of rotatable bonds is 1. The summed E-state index contributed by atoms with van der Waals surface area (Å²) in [7, 11) is 1.59. The standard InChI is InChI=1S/C10H12ClNO2/c1-13-8-3-2-7-9(10(8)11)6(12)4-5-14-7/h2-3,6H,4-5,12H2,1H3/t6-/m0/s1. The molecule has 1 aromatic carbocycles. The van der Waals surface area contributed by atoms with E-state index in [0.29, 0.717) is 17.4 Å². The van der Waals surface area contributed by atoms with Crippen LogP contribution >= 0.6 is 11.6 Å². The van der Waals surface area contributed by atoms with Gasteiger partial charge in [0.1, 0.15) is 11.5 Å². The Hall–Kier alpha value is -0.930. The molecular formula is C10H12ClNO2. The second-order valence-electron chi connectivity index (χ2n) is 3.24. The van der Waals surface area contributed by atoms with Crippen molar-refractivity contribution in [2.45, 2.75) is 12.5 Å². The van der Waals surface area contributed by atoms with E-state index in [1.807, 2.05) is 6.07 Å². The summed E-state index contributed by atoms with van der Waals surface area (Å²) in [6.45, 7) is 0.650. The predicted octanol–water partition coefficient (Wildman–Crippen LogP) is 2.13. The average molecular weight is 214 g/mol. The van der Waals surface area contributed by atoms with Crippen LogP contribution in [0.5, 0.6) is 11.5 Å². The highest BCUT2D eigenvalue weighted by atomic mass is 35.5. The Morgan fingerprint density at radius 1 is 1.57 bits per heavy atom. The molecule has 0 amide bonds. The number of ether oxygens (including phenoxy) is 2. The van der Waals surface area contributed by atoms with Gasteiger partial charge in [-0.3, -0.25) is 0 Å². The normalized spacial score (nSPS) is 19.8. The SMILES string of the molecule is COc1ccc2c(c1Cl)[C@@H](N)CCO2. The molecule has 0 aromatic heterocycles. The molecule has 14 heavy (non-hydrogen) atoms. The lowest BCUT2D eigenvalue weighted by molar-refractivity contribution is 0.268. The van der Waals surface area contributed by atoms with E-state index >= 15 is 0 Å². The third-order valence-electron chi connectivity index (χ3n) is 2.38. The first kappa shape index (κ1) is 9.62. The maximum Gasteiger partial charge on any atom is 0.138 e. The molecule has 4 heteroatoms. The van der Waals surface area contributed by atoms with Gasteiger partial charge in [0.15, 0.2) is 0 Å². The molecule has 76 valence electrons. The molecule has 2 rings (SSSR count). The Balaban J connectivity index is 2.54. The van der Waals surface area contributed by atoms with E-state index in [1.165, 1.54) is 0 Å². The first-order chi connectivity index (χ1) is 6.74. The summed E-state index contributed by atoms with van der Waals surface area (Å²) < 4.78 is 10.6. The van der Waals surface area contributed by atoms with Crippen molar-refractivity contribution in [1.82, 2.24) is 0 Å². The maximum atomic E-state index is 6.14. The average Bonchev–Trinajstić information content (AvgIpc) is 2.18. The summed E-state index contributed by atoms with van der Waals surface area (Å²) in [4.78, 5) is 0. The fourth-order valence-corrected chi connectivity index (χ4v) is 2.00. The molecule has 3 nitrogen and oxygen atoms in total. The summed E-state index contributed by atoms with van der Waals surface area (Å²) in [6.07, 6.45) is 0.792. The van der Waals surface area contributed by atoms with Crippen LogP contribution in [0, 0.1) is 0 Å². The number of fused-ring (bicyclic) bond motifs is 1. The Bertz CT molecular complexity index is 354. The van der Waals surface area contributed by atoms with Crippen molar-refractivity contribution in [1.29, 1.82) is 0 Å². The molecule has 1 heterocycles. The molecule has 0 unspecified atom stereocenters. The highest BCUT2D eigenvalue weighted by molar-refractivity contribution is 6.33. The number of hydrogen-bond donors (Lipinski definition) is 1. The van der Waals surface area contributed by atoms with Gasteiger partial charge in [-0.15, -0.1) is 0 Å². The minimum absolute atomic E-state index is 0.0543. The molecule has 0 bridgehead atoms. The molecule has 0 spiro atoms. The zero-order valence-corrected chi connectivity index (χ0v) is 8.67. The molecule has 1 atom stereocenters. The minimum Gasteiger partial charge on any atom is -0.495 e. The Morgan fingerprint density at radius 2 is 2.36 bits per heavy atom. The summed E-state index contributed by atoms with van der Waals surface area (Å²) in [6, 6.07) is 3.58. The van der Waals surface area contributed by atoms with E-state index in [4.69, 9.17) is 26.8 Å².